The molecule has 3 heterocycles. The maximum atomic E-state index is 12.7. The Hall–Kier alpha value is -13.5. The summed E-state index contributed by atoms with van der Waals surface area (Å²) >= 11 is 0. The van der Waals surface area contributed by atoms with E-state index in [0.717, 1.165) is 213 Å². The molecule has 18 nitrogen and oxygen atoms in total. The van der Waals surface area contributed by atoms with E-state index in [0.29, 0.717) is 0 Å². The number of methoxy groups -OCH3 is 8. The molecule has 19 aromatic rings. The van der Waals surface area contributed by atoms with Gasteiger partial charge in [0.2, 0.25) is 0 Å². The van der Waals surface area contributed by atoms with Crippen molar-refractivity contribution < 1.29 is 120 Å². The fourth-order valence-corrected chi connectivity index (χ4v) is 17.9. The second-order valence-corrected chi connectivity index (χ2v) is 33.0. The number of hydrogen-bond donors (Lipinski definition) is 0. The van der Waals surface area contributed by atoms with Crippen LogP contribution in [-0.2, 0) is 16.7 Å². The predicted octanol–water partition coefficient (Wildman–Crippen LogP) is 23.6. The number of ether oxygens (including phenoxy) is 8. The van der Waals surface area contributed by atoms with Gasteiger partial charge in [-0.3, -0.25) is 0 Å². The Morgan fingerprint density at radius 3 is 0.656 bits per heavy atom. The van der Waals surface area contributed by atoms with Crippen molar-refractivity contribution in [1.82, 2.24) is 13.7 Å². The first-order valence-electron chi connectivity index (χ1n) is 41.8. The van der Waals surface area contributed by atoms with Gasteiger partial charge in [0, 0.05) is 135 Å². The van der Waals surface area contributed by atoms with Crippen LogP contribution in [0.1, 0.15) is 13.3 Å². The summed E-state index contributed by atoms with van der Waals surface area (Å²) < 4.78 is 90.3. The number of anilines is 12. The van der Waals surface area contributed by atoms with E-state index in [1.54, 1.807) is 56.9 Å². The Balaban J connectivity index is 0.0000111. The standard InChI is InChI=1S/C108H91N7O11S.Cs/c1-70(127(116,117)118)62-63-109-107-64-73(71-10-16-83(17-11-71)114-103-58-36-85(110(75-20-40-89(119-2)41-21-75)76-22-42-90(120-3)43-23-76)66-99(103)100-67-86(37-59-104(100)114)111(77-24-44-91(121-4)45-25-77)78-26-46-92(122-5)47-27-78)14-56-97(107)98-57-15-74(65-108(98)109)72-12-18-84(19-13-72)115-105-60-38-87(112(79-28-48-93(123-6)49-29-79)80-30-50-94(124-7)51-31-80)68-101(105)102-69-88(39-61-106(102)115)113(81-32-52-95(125-8)53-33-81)82-34-54-96(126-9)55-35-82;/h10-61,64-70H,62-63H2,1-9H3,(H,116,117,118);/q;+1/p-1. The minimum atomic E-state index is -4.61. The zero-order valence-electron chi connectivity index (χ0n) is 72.5. The first-order valence-corrected chi connectivity index (χ1v) is 43.3. The van der Waals surface area contributed by atoms with Crippen LogP contribution in [0.15, 0.2) is 352 Å². The van der Waals surface area contributed by atoms with Gasteiger partial charge in [0.1, 0.15) is 46.0 Å². The topological polar surface area (TPSA) is 159 Å². The van der Waals surface area contributed by atoms with Crippen molar-refractivity contribution in [2.45, 2.75) is 25.1 Å². The van der Waals surface area contributed by atoms with Crippen molar-refractivity contribution in [3.05, 3.63) is 352 Å². The molecule has 3 aromatic heterocycles. The second-order valence-electron chi connectivity index (χ2n) is 31.2. The van der Waals surface area contributed by atoms with Crippen LogP contribution in [0.2, 0.25) is 0 Å². The zero-order valence-corrected chi connectivity index (χ0v) is 79.6. The van der Waals surface area contributed by atoms with E-state index in [1.807, 2.05) is 97.1 Å². The molecule has 0 saturated carbocycles. The van der Waals surface area contributed by atoms with E-state index in [1.165, 1.54) is 6.92 Å². The van der Waals surface area contributed by atoms with Gasteiger partial charge in [-0.25, -0.2) is 8.42 Å². The summed E-state index contributed by atoms with van der Waals surface area (Å²) in [5.41, 5.74) is 22.9. The van der Waals surface area contributed by atoms with Gasteiger partial charge < -0.3 is 75.7 Å². The van der Waals surface area contributed by atoms with Crippen LogP contribution in [-0.4, -0.2) is 88.8 Å². The average molecular weight is 1830 g/mol. The number of fused-ring (bicyclic) bond motifs is 9. The largest absolute Gasteiger partial charge is 1.00 e. The molecule has 20 heteroatoms. The molecule has 0 N–H and O–H groups in total. The molecule has 0 aliphatic carbocycles. The quantitative estimate of drug-likeness (QED) is 0.0426. The molecule has 19 rings (SSSR count). The van der Waals surface area contributed by atoms with Gasteiger partial charge in [-0.05, 0) is 339 Å². The third-order valence-electron chi connectivity index (χ3n) is 24.2. The van der Waals surface area contributed by atoms with Gasteiger partial charge in [-0.15, -0.1) is 0 Å². The third-order valence-corrected chi connectivity index (χ3v) is 25.4. The van der Waals surface area contributed by atoms with Gasteiger partial charge in [0.25, 0.3) is 0 Å². The first kappa shape index (κ1) is 85.3. The normalized spacial score (nSPS) is 11.7. The Bertz CT molecular complexity index is 6460. The zero-order chi connectivity index (χ0) is 87.1. The Labute approximate surface area is 802 Å². The molecular weight excluding hydrogens is 1740 g/mol. The molecule has 0 spiro atoms. The average Bonchev–Trinajstić information content (AvgIpc) is 1.58. The van der Waals surface area contributed by atoms with Crippen LogP contribution in [0.3, 0.4) is 0 Å². The van der Waals surface area contributed by atoms with Gasteiger partial charge in [-0.1, -0.05) is 48.5 Å². The van der Waals surface area contributed by atoms with E-state index >= 15 is 0 Å². The number of aryl methyl sites for hydroxylation is 1. The van der Waals surface area contributed by atoms with Crippen LogP contribution in [0.5, 0.6) is 46.0 Å². The molecule has 630 valence electrons. The minimum absolute atomic E-state index is 0. The smallest absolute Gasteiger partial charge is 0.748 e. The molecule has 0 aliphatic heterocycles. The SMILES string of the molecule is COc1ccc(N(c2ccc(OC)cc2)c2ccc3c(c2)c2cc(N(c4ccc(OC)cc4)c4ccc(OC)cc4)ccc2n3-c2ccc(-c3ccc4c5ccc(-c6ccc(-n7c8ccc(N(c9ccc(OC)cc9)c9ccc(OC)cc9)cc8c8cc(N(c9ccc(OC)cc9)c9ccc(OC)cc9)ccc87)cc6)cc5n(CCC(C)S(=O)(=O)[O-])c4c3)cc2)cc1.[Cs+]. The summed E-state index contributed by atoms with van der Waals surface area (Å²) in [5.74, 6) is 6.01. The van der Waals surface area contributed by atoms with Gasteiger partial charge >= 0.3 is 68.9 Å². The summed E-state index contributed by atoms with van der Waals surface area (Å²) in [6.07, 6.45) is 0.107. The van der Waals surface area contributed by atoms with E-state index < -0.39 is 15.4 Å². The van der Waals surface area contributed by atoms with Crippen molar-refractivity contribution in [3.8, 4) is 79.6 Å². The molecule has 0 amide bonds. The monoisotopic (exact) mass is 1830 g/mol. The minimum Gasteiger partial charge on any atom is -0.748 e. The van der Waals surface area contributed by atoms with Gasteiger partial charge in [-0.2, -0.15) is 0 Å². The van der Waals surface area contributed by atoms with E-state index in [4.69, 9.17) is 37.9 Å². The molecular formula is C108H90CsN7O11S. The predicted molar refractivity (Wildman–Crippen MR) is 514 cm³/mol. The van der Waals surface area contributed by atoms with E-state index in [9.17, 15) is 13.0 Å². The second kappa shape index (κ2) is 36.4. The fourth-order valence-electron chi connectivity index (χ4n) is 17.5. The Kier molecular flexibility index (Phi) is 24.3. The van der Waals surface area contributed by atoms with Crippen molar-refractivity contribution in [3.63, 3.8) is 0 Å². The maximum absolute atomic E-state index is 12.7. The molecule has 1 atom stereocenters. The fraction of sp³-hybridized carbons (Fsp3) is 0.111. The van der Waals surface area contributed by atoms with Crippen molar-refractivity contribution in [1.29, 1.82) is 0 Å². The van der Waals surface area contributed by atoms with Crippen molar-refractivity contribution in [2.24, 2.45) is 0 Å². The molecule has 16 aromatic carbocycles. The van der Waals surface area contributed by atoms with Crippen LogP contribution in [0.25, 0.3) is 99.0 Å². The summed E-state index contributed by atoms with van der Waals surface area (Å²) in [4.78, 5) is 8.97. The third kappa shape index (κ3) is 16.5. The van der Waals surface area contributed by atoms with Crippen molar-refractivity contribution in [2.75, 3.05) is 76.5 Å². The van der Waals surface area contributed by atoms with Gasteiger partial charge in [0.05, 0.1) is 89.1 Å². The number of nitrogens with zero attached hydrogens (tertiary/aromatic N) is 7. The molecule has 0 bridgehead atoms. The maximum Gasteiger partial charge on any atom is 1.00 e. The van der Waals surface area contributed by atoms with Crippen LogP contribution in [0.4, 0.5) is 68.2 Å². The molecule has 0 radical (unpaired) electrons. The molecule has 0 fully saturated rings. The Morgan fingerprint density at radius 2 is 0.453 bits per heavy atom. The summed E-state index contributed by atoms with van der Waals surface area (Å²) in [6.45, 7) is 1.77. The number of aromatic nitrogens is 3. The van der Waals surface area contributed by atoms with Crippen molar-refractivity contribution >= 4 is 144 Å². The summed E-state index contributed by atoms with van der Waals surface area (Å²) in [5, 5.41) is 4.97. The Morgan fingerprint density at radius 1 is 0.250 bits per heavy atom. The number of hydrogen-bond acceptors (Lipinski definition) is 15. The number of rotatable bonds is 28. The molecule has 0 aliphatic rings. The van der Waals surface area contributed by atoms with Crippen LogP contribution >= 0.6 is 0 Å². The number of benzene rings is 16. The van der Waals surface area contributed by atoms with Crippen LogP contribution < -0.4 is 126 Å². The van der Waals surface area contributed by atoms with E-state index in [2.05, 4.69) is 288 Å². The summed E-state index contributed by atoms with van der Waals surface area (Å²) in [6, 6.07) is 122. The van der Waals surface area contributed by atoms with Gasteiger partial charge in [0.15, 0.2) is 0 Å². The van der Waals surface area contributed by atoms with E-state index in [-0.39, 0.29) is 81.9 Å². The molecule has 128 heavy (non-hydrogen) atoms. The summed E-state index contributed by atoms with van der Waals surface area (Å²) in [7, 11) is 8.79. The first-order chi connectivity index (χ1) is 62.1. The molecule has 0 saturated heterocycles. The van der Waals surface area contributed by atoms with Crippen LogP contribution in [0, 0.1) is 0 Å². The molecule has 1 unspecified atom stereocenters.